The lowest BCUT2D eigenvalue weighted by Gasteiger charge is -2.38. The molecule has 1 aromatic carbocycles. The van der Waals surface area contributed by atoms with Gasteiger partial charge in [-0.05, 0) is 38.3 Å². The molecule has 0 aliphatic carbocycles. The molecule has 0 saturated carbocycles. The molecule has 9 nitrogen and oxygen atoms in total. The van der Waals surface area contributed by atoms with Crippen LogP contribution < -0.4 is 15.5 Å². The Hall–Kier alpha value is -2.99. The van der Waals surface area contributed by atoms with E-state index in [1.165, 1.54) is 0 Å². The number of benzene rings is 1. The molecule has 12 heteroatoms. The highest BCUT2D eigenvalue weighted by atomic mass is 19.2. The van der Waals surface area contributed by atoms with Crippen LogP contribution in [0.2, 0.25) is 0 Å². The number of rotatable bonds is 4. The van der Waals surface area contributed by atoms with E-state index in [1.54, 1.807) is 0 Å². The molecular formula is C23H26F3N5O4. The fourth-order valence-electron chi connectivity index (χ4n) is 4.59. The fourth-order valence-corrected chi connectivity index (χ4v) is 4.59. The lowest BCUT2D eigenvalue weighted by atomic mass is 9.97. The van der Waals surface area contributed by atoms with Crippen LogP contribution in [0.15, 0.2) is 0 Å². The maximum Gasteiger partial charge on any atom is 0.265 e. The van der Waals surface area contributed by atoms with Gasteiger partial charge in [0.05, 0.1) is 16.6 Å². The van der Waals surface area contributed by atoms with Crippen molar-refractivity contribution in [2.24, 2.45) is 5.92 Å². The number of halogens is 3. The summed E-state index contributed by atoms with van der Waals surface area (Å²) in [5.41, 5.74) is -4.90. The Morgan fingerprint density at radius 2 is 1.49 bits per heavy atom. The Morgan fingerprint density at radius 3 is 2.11 bits per heavy atom. The molecule has 3 fully saturated rings. The summed E-state index contributed by atoms with van der Waals surface area (Å²) in [5.74, 6) is -12.3. The van der Waals surface area contributed by atoms with Crippen LogP contribution in [-0.4, -0.2) is 85.1 Å². The Labute approximate surface area is 210 Å². The number of anilines is 1. The Morgan fingerprint density at radius 1 is 0.857 bits per heavy atom. The van der Waals surface area contributed by atoms with Crippen molar-refractivity contribution in [2.75, 3.05) is 50.5 Å². The molecule has 188 valence electrons. The minimum absolute atomic E-state index is 0.112. The molecule has 1 aromatic rings. The van der Waals surface area contributed by atoms with Gasteiger partial charge in [-0.2, -0.15) is 0 Å². The zero-order valence-electron chi connectivity index (χ0n) is 26.2. The van der Waals surface area contributed by atoms with Gasteiger partial charge < -0.3 is 10.2 Å². The van der Waals surface area contributed by atoms with Gasteiger partial charge in [-0.15, -0.1) is 0 Å². The van der Waals surface area contributed by atoms with E-state index in [-0.39, 0.29) is 11.3 Å². The first-order chi connectivity index (χ1) is 19.8. The van der Waals surface area contributed by atoms with E-state index in [2.05, 4.69) is 5.32 Å². The number of carbonyl (C=O) groups excluding carboxylic acids is 4. The molecule has 4 aliphatic heterocycles. The van der Waals surface area contributed by atoms with Gasteiger partial charge in [-0.25, -0.2) is 13.2 Å². The molecule has 0 bridgehead atoms. The van der Waals surface area contributed by atoms with Crippen molar-refractivity contribution in [2.45, 2.75) is 31.7 Å². The lowest BCUT2D eigenvalue weighted by molar-refractivity contribution is -0.136. The van der Waals surface area contributed by atoms with Gasteiger partial charge in [0.15, 0.2) is 17.5 Å². The number of carbonyl (C=O) groups is 4. The minimum atomic E-state index is -3.80. The average molecular weight is 502 g/mol. The smallest absolute Gasteiger partial charge is 0.265 e. The van der Waals surface area contributed by atoms with Crippen LogP contribution in [0.1, 0.15) is 57.4 Å². The SMILES string of the molecule is [2H]C1([2H])N(CC2CCNCC2)C([2H])([2H])C([2H])([2H])N(c2c(F)c(F)c3c(c2F)C(=O)N(C2CCC(=O)NC2=O)C3=O)C1([2H])[2H]. The second kappa shape index (κ2) is 9.23. The molecule has 0 radical (unpaired) electrons. The molecule has 3 saturated heterocycles. The van der Waals surface area contributed by atoms with Gasteiger partial charge in [0.2, 0.25) is 11.8 Å². The average Bonchev–Trinajstić information content (AvgIpc) is 3.17. The van der Waals surface area contributed by atoms with Crippen molar-refractivity contribution in [1.29, 1.82) is 0 Å². The summed E-state index contributed by atoms with van der Waals surface area (Å²) < 4.78 is 116. The summed E-state index contributed by atoms with van der Waals surface area (Å²) in [4.78, 5) is 50.0. The number of piperazine rings is 1. The van der Waals surface area contributed by atoms with Crippen LogP contribution in [0.25, 0.3) is 0 Å². The molecule has 4 amide bonds. The van der Waals surface area contributed by atoms with E-state index < -0.39 is 114 Å². The number of imide groups is 2. The van der Waals surface area contributed by atoms with Gasteiger partial charge in [-0.3, -0.25) is 34.3 Å². The van der Waals surface area contributed by atoms with Gasteiger partial charge in [0.1, 0.15) is 11.7 Å². The van der Waals surface area contributed by atoms with E-state index >= 15 is 13.2 Å². The number of hydrogen-bond acceptors (Lipinski definition) is 7. The highest BCUT2D eigenvalue weighted by molar-refractivity contribution is 6.24. The van der Waals surface area contributed by atoms with Crippen LogP contribution in [0.4, 0.5) is 18.9 Å². The van der Waals surface area contributed by atoms with Gasteiger partial charge in [0, 0.05) is 44.4 Å². The molecule has 5 rings (SSSR count). The highest BCUT2D eigenvalue weighted by Gasteiger charge is 2.49. The summed E-state index contributed by atoms with van der Waals surface area (Å²) >= 11 is 0. The number of fused-ring (bicyclic) bond motifs is 1. The summed E-state index contributed by atoms with van der Waals surface area (Å²) in [5, 5.41) is 4.92. The maximum atomic E-state index is 16.2. The van der Waals surface area contributed by atoms with E-state index in [1.807, 2.05) is 5.32 Å². The Balaban J connectivity index is 1.64. The van der Waals surface area contributed by atoms with Gasteiger partial charge in [-0.1, -0.05) is 0 Å². The summed E-state index contributed by atoms with van der Waals surface area (Å²) in [6.45, 7) is -14.1. The third kappa shape index (κ3) is 4.08. The van der Waals surface area contributed by atoms with Crippen molar-refractivity contribution in [3.8, 4) is 0 Å². The summed E-state index contributed by atoms with van der Waals surface area (Å²) in [6, 6.07) is -1.71. The summed E-state index contributed by atoms with van der Waals surface area (Å²) in [6.07, 6.45) is 0.0921. The Bertz CT molecular complexity index is 1410. The number of nitrogens with zero attached hydrogens (tertiary/aromatic N) is 3. The van der Waals surface area contributed by atoms with Crippen molar-refractivity contribution < 1.29 is 43.3 Å². The molecule has 4 aliphatic rings. The van der Waals surface area contributed by atoms with Gasteiger partial charge >= 0.3 is 0 Å². The molecule has 1 unspecified atom stereocenters. The molecule has 1 atom stereocenters. The van der Waals surface area contributed by atoms with E-state index in [0.717, 1.165) is 0 Å². The summed E-state index contributed by atoms with van der Waals surface area (Å²) in [7, 11) is 0. The third-order valence-electron chi connectivity index (χ3n) is 6.40. The van der Waals surface area contributed by atoms with Crippen molar-refractivity contribution in [1.82, 2.24) is 20.4 Å². The van der Waals surface area contributed by atoms with E-state index in [9.17, 15) is 19.2 Å². The standard InChI is InChI=1S/C23H26F3N5O4/c24-17-15-16(23(35)31(22(15)34)13-1-2-14(32)28-21(13)33)18(25)20(19(17)26)30-9-7-29(8-10-30)11-12-3-5-27-6-4-12/h12-13,27H,1-11H2,(H,28,32,33)/i7D2,8D2,9D2,10D2. The zero-order chi connectivity index (χ0) is 32.0. The van der Waals surface area contributed by atoms with Crippen LogP contribution in [0.3, 0.4) is 0 Å². The molecule has 2 N–H and O–H groups in total. The number of nitrogens with one attached hydrogen (secondary N) is 2. The van der Waals surface area contributed by atoms with Crippen molar-refractivity contribution in [3.63, 3.8) is 0 Å². The topological polar surface area (TPSA) is 102 Å². The number of piperidine rings is 2. The van der Waals surface area contributed by atoms with Crippen molar-refractivity contribution >= 4 is 29.3 Å². The first kappa shape index (κ1) is 15.9. The zero-order valence-corrected chi connectivity index (χ0v) is 18.2. The van der Waals surface area contributed by atoms with Crippen LogP contribution in [0.5, 0.6) is 0 Å². The second-order valence-electron chi connectivity index (χ2n) is 8.57. The first-order valence-electron chi connectivity index (χ1n) is 15.0. The van der Waals surface area contributed by atoms with Gasteiger partial charge in [0.25, 0.3) is 11.8 Å². The molecule has 0 aromatic heterocycles. The van der Waals surface area contributed by atoms with Crippen LogP contribution >= 0.6 is 0 Å². The molecule has 35 heavy (non-hydrogen) atoms. The molecule has 0 spiro atoms. The third-order valence-corrected chi connectivity index (χ3v) is 6.40. The largest absolute Gasteiger partial charge is 0.364 e. The van der Waals surface area contributed by atoms with Crippen LogP contribution in [-0.2, 0) is 9.59 Å². The second-order valence-corrected chi connectivity index (χ2v) is 8.57. The minimum Gasteiger partial charge on any atom is -0.364 e. The highest BCUT2D eigenvalue weighted by Crippen LogP contribution is 2.38. The van der Waals surface area contributed by atoms with E-state index in [0.29, 0.717) is 30.8 Å². The molecule has 4 heterocycles. The maximum absolute atomic E-state index is 16.2. The van der Waals surface area contributed by atoms with Crippen molar-refractivity contribution in [3.05, 3.63) is 28.6 Å². The monoisotopic (exact) mass is 501 g/mol. The van der Waals surface area contributed by atoms with Crippen LogP contribution in [0, 0.1) is 23.4 Å². The number of amides is 4. The predicted octanol–water partition coefficient (Wildman–Crippen LogP) is 0.627. The fraction of sp³-hybridized carbons (Fsp3) is 0.565. The molecular weight excluding hydrogens is 467 g/mol. The Kier molecular flexibility index (Phi) is 4.19. The quantitative estimate of drug-likeness (QED) is 0.461. The predicted molar refractivity (Wildman–Crippen MR) is 117 cm³/mol. The lowest BCUT2D eigenvalue weighted by Crippen LogP contribution is -2.54. The van der Waals surface area contributed by atoms with E-state index in [4.69, 9.17) is 11.0 Å². The number of hydrogen-bond donors (Lipinski definition) is 2. The normalized spacial score (nSPS) is 33.4. The first-order valence-corrected chi connectivity index (χ1v) is 11.0.